The first-order chi connectivity index (χ1) is 7.55. The van der Waals surface area contributed by atoms with Gasteiger partial charge in [0.15, 0.2) is 9.84 Å². The van der Waals surface area contributed by atoms with Gasteiger partial charge in [-0.05, 0) is 12.8 Å². The lowest BCUT2D eigenvalue weighted by atomic mass is 10.0. The number of hydrogen-bond donors (Lipinski definition) is 2. The molecule has 2 atom stereocenters. The van der Waals surface area contributed by atoms with Gasteiger partial charge in [0.1, 0.15) is 5.25 Å². The molecule has 0 radical (unpaired) electrons. The Bertz CT molecular complexity index is 388. The summed E-state index contributed by atoms with van der Waals surface area (Å²) >= 11 is 0. The fourth-order valence-corrected chi connectivity index (χ4v) is 1.59. The molecular weight excluding hydrogens is 246 g/mol. The van der Waals surface area contributed by atoms with E-state index in [1.807, 2.05) is 0 Å². The van der Waals surface area contributed by atoms with E-state index in [1.54, 1.807) is 13.8 Å². The summed E-state index contributed by atoms with van der Waals surface area (Å²) in [4.78, 5) is 22.2. The third-order valence-electron chi connectivity index (χ3n) is 2.54. The Kier molecular flexibility index (Phi) is 5.60. The number of amides is 1. The number of rotatable bonds is 6. The molecule has 0 fully saturated rings. The summed E-state index contributed by atoms with van der Waals surface area (Å²) in [6.07, 6.45) is 0.749. The zero-order valence-electron chi connectivity index (χ0n) is 10.4. The molecule has 2 unspecified atom stereocenters. The Hall–Kier alpha value is -1.11. The first-order valence-corrected chi connectivity index (χ1v) is 7.22. The summed E-state index contributed by atoms with van der Waals surface area (Å²) in [7, 11) is -3.46. The minimum Gasteiger partial charge on any atom is -0.481 e. The van der Waals surface area contributed by atoms with E-state index in [4.69, 9.17) is 5.11 Å². The van der Waals surface area contributed by atoms with Crippen LogP contribution >= 0.6 is 0 Å². The van der Waals surface area contributed by atoms with Crippen molar-refractivity contribution in [3.63, 3.8) is 0 Å². The summed E-state index contributed by atoms with van der Waals surface area (Å²) in [5.74, 6) is -1.77. The molecule has 0 aromatic carbocycles. The Morgan fingerprint density at radius 3 is 2.00 bits per heavy atom. The van der Waals surface area contributed by atoms with Crippen molar-refractivity contribution in [1.82, 2.24) is 5.32 Å². The van der Waals surface area contributed by atoms with Gasteiger partial charge in [-0.3, -0.25) is 9.59 Å². The minimum absolute atomic E-state index is 0.0817. The zero-order valence-corrected chi connectivity index (χ0v) is 11.2. The maximum absolute atomic E-state index is 11.6. The number of carbonyl (C=O) groups excluding carboxylic acids is 1. The van der Waals surface area contributed by atoms with E-state index >= 15 is 0 Å². The number of aliphatic carboxylic acids is 1. The van der Waals surface area contributed by atoms with Crippen LogP contribution in [0, 0.1) is 5.92 Å². The Morgan fingerprint density at radius 2 is 1.71 bits per heavy atom. The van der Waals surface area contributed by atoms with E-state index in [9.17, 15) is 18.0 Å². The molecule has 0 heterocycles. The molecule has 0 saturated heterocycles. The van der Waals surface area contributed by atoms with Crippen LogP contribution in [0.25, 0.3) is 0 Å². The van der Waals surface area contributed by atoms with Crippen LogP contribution in [0.2, 0.25) is 0 Å². The number of carboxylic acids is 1. The van der Waals surface area contributed by atoms with E-state index < -0.39 is 33.0 Å². The maximum atomic E-state index is 11.6. The summed E-state index contributed by atoms with van der Waals surface area (Å²) < 4.78 is 22.3. The number of nitrogens with one attached hydrogen (secondary N) is 1. The highest BCUT2D eigenvalue weighted by atomic mass is 32.2. The molecule has 0 rings (SSSR count). The second-order valence-electron chi connectivity index (χ2n) is 4.43. The molecule has 17 heavy (non-hydrogen) atoms. The first kappa shape index (κ1) is 15.9. The lowest BCUT2D eigenvalue weighted by Gasteiger charge is -2.22. The molecule has 2 N–H and O–H groups in total. The Labute approximate surface area is 101 Å². The van der Waals surface area contributed by atoms with Gasteiger partial charge in [0.05, 0.1) is 6.42 Å². The number of hydrogen-bond acceptors (Lipinski definition) is 4. The van der Waals surface area contributed by atoms with Gasteiger partial charge in [-0.1, -0.05) is 13.8 Å². The van der Waals surface area contributed by atoms with Crippen molar-refractivity contribution in [3.8, 4) is 0 Å². The molecule has 6 nitrogen and oxygen atoms in total. The van der Waals surface area contributed by atoms with Crippen LogP contribution in [0.3, 0.4) is 0 Å². The topological polar surface area (TPSA) is 101 Å². The maximum Gasteiger partial charge on any atom is 0.305 e. The number of sulfone groups is 1. The third kappa shape index (κ3) is 5.67. The third-order valence-corrected chi connectivity index (χ3v) is 4.04. The second-order valence-corrected chi connectivity index (χ2v) is 6.79. The van der Waals surface area contributed by atoms with E-state index in [2.05, 4.69) is 5.32 Å². The van der Waals surface area contributed by atoms with Crippen molar-refractivity contribution in [1.29, 1.82) is 0 Å². The van der Waals surface area contributed by atoms with E-state index in [-0.39, 0.29) is 12.3 Å². The van der Waals surface area contributed by atoms with Crippen molar-refractivity contribution in [3.05, 3.63) is 0 Å². The molecule has 7 heteroatoms. The van der Waals surface area contributed by atoms with Gasteiger partial charge in [-0.2, -0.15) is 0 Å². The molecule has 0 aliphatic carbocycles. The van der Waals surface area contributed by atoms with Crippen molar-refractivity contribution in [2.24, 2.45) is 5.92 Å². The molecule has 0 aromatic heterocycles. The lowest BCUT2D eigenvalue weighted by Crippen LogP contribution is -2.46. The van der Waals surface area contributed by atoms with E-state index in [1.165, 1.54) is 6.92 Å². The van der Waals surface area contributed by atoms with Crippen LogP contribution in [0.15, 0.2) is 0 Å². The molecule has 0 aliphatic heterocycles. The summed E-state index contributed by atoms with van der Waals surface area (Å²) in [5, 5.41) is 9.96. The number of carboxylic acid groups (broad SMARTS) is 1. The van der Waals surface area contributed by atoms with Crippen LogP contribution < -0.4 is 5.32 Å². The first-order valence-electron chi connectivity index (χ1n) is 5.26. The monoisotopic (exact) mass is 265 g/mol. The average molecular weight is 265 g/mol. The van der Waals surface area contributed by atoms with Gasteiger partial charge in [0.2, 0.25) is 5.91 Å². The van der Waals surface area contributed by atoms with Crippen molar-refractivity contribution >= 4 is 21.7 Å². The normalized spacial score (nSPS) is 15.4. The standard InChI is InChI=1S/C10H19NO5S/c1-6(2)8(5-9(12)13)11-10(14)7(3)17(4,15)16/h6-8H,5H2,1-4H3,(H,11,14)(H,12,13). The van der Waals surface area contributed by atoms with Gasteiger partial charge in [-0.25, -0.2) is 8.42 Å². The van der Waals surface area contributed by atoms with Gasteiger partial charge < -0.3 is 10.4 Å². The predicted octanol–water partition coefficient (Wildman–Crippen LogP) is 0.0350. The highest BCUT2D eigenvalue weighted by Crippen LogP contribution is 2.08. The van der Waals surface area contributed by atoms with Crippen LogP contribution in [-0.4, -0.2) is 42.9 Å². The average Bonchev–Trinajstić information content (AvgIpc) is 2.13. The Balaban J connectivity index is 4.68. The summed E-state index contributed by atoms with van der Waals surface area (Å²) in [6, 6.07) is -0.566. The minimum atomic E-state index is -3.46. The van der Waals surface area contributed by atoms with Gasteiger partial charge in [0, 0.05) is 12.3 Å². The van der Waals surface area contributed by atoms with Crippen LogP contribution in [0.4, 0.5) is 0 Å². The molecule has 100 valence electrons. The van der Waals surface area contributed by atoms with Crippen molar-refractivity contribution in [2.45, 2.75) is 38.5 Å². The van der Waals surface area contributed by atoms with Crippen LogP contribution in [0.1, 0.15) is 27.2 Å². The van der Waals surface area contributed by atoms with Gasteiger partial charge in [-0.15, -0.1) is 0 Å². The van der Waals surface area contributed by atoms with E-state index in [0.29, 0.717) is 0 Å². The Morgan fingerprint density at radius 1 is 1.24 bits per heavy atom. The van der Waals surface area contributed by atoms with Gasteiger partial charge >= 0.3 is 5.97 Å². The summed E-state index contributed by atoms with van der Waals surface area (Å²) in [6.45, 7) is 4.81. The van der Waals surface area contributed by atoms with Crippen molar-refractivity contribution < 1.29 is 23.1 Å². The zero-order chi connectivity index (χ0) is 13.8. The molecular formula is C10H19NO5S. The fraction of sp³-hybridized carbons (Fsp3) is 0.800. The highest BCUT2D eigenvalue weighted by molar-refractivity contribution is 7.92. The largest absolute Gasteiger partial charge is 0.481 e. The molecule has 0 spiro atoms. The van der Waals surface area contributed by atoms with Crippen LogP contribution in [0.5, 0.6) is 0 Å². The van der Waals surface area contributed by atoms with Crippen molar-refractivity contribution in [2.75, 3.05) is 6.26 Å². The molecule has 0 aromatic rings. The quantitative estimate of drug-likeness (QED) is 0.706. The SMILES string of the molecule is CC(C)C(CC(=O)O)NC(=O)C(C)S(C)(=O)=O. The summed E-state index contributed by atoms with van der Waals surface area (Å²) in [5.41, 5.74) is 0. The number of carbonyl (C=O) groups is 2. The van der Waals surface area contributed by atoms with Gasteiger partial charge in [0.25, 0.3) is 0 Å². The predicted molar refractivity (Wildman–Crippen MR) is 63.3 cm³/mol. The molecule has 0 aliphatic rings. The van der Waals surface area contributed by atoms with E-state index in [0.717, 1.165) is 6.26 Å². The molecule has 1 amide bonds. The second kappa shape index (κ2) is 6.00. The smallest absolute Gasteiger partial charge is 0.305 e. The highest BCUT2D eigenvalue weighted by Gasteiger charge is 2.27. The fourth-order valence-electron chi connectivity index (χ4n) is 1.14. The van der Waals surface area contributed by atoms with Crippen LogP contribution in [-0.2, 0) is 19.4 Å². The molecule has 0 saturated carbocycles. The lowest BCUT2D eigenvalue weighted by molar-refractivity contribution is -0.138. The molecule has 0 bridgehead atoms.